The maximum atomic E-state index is 13.0. The van der Waals surface area contributed by atoms with E-state index >= 15 is 0 Å². The molecule has 1 N–H and O–H groups in total. The zero-order valence-corrected chi connectivity index (χ0v) is 20.2. The summed E-state index contributed by atoms with van der Waals surface area (Å²) in [7, 11) is 0. The van der Waals surface area contributed by atoms with E-state index in [0.29, 0.717) is 29.6 Å². The summed E-state index contributed by atoms with van der Waals surface area (Å²) in [6, 6.07) is 17.8. The van der Waals surface area contributed by atoms with Gasteiger partial charge in [-0.3, -0.25) is 14.5 Å². The third-order valence-corrected chi connectivity index (χ3v) is 6.27. The topological polar surface area (TPSA) is 70.5 Å². The highest BCUT2D eigenvalue weighted by molar-refractivity contribution is 6.04. The van der Waals surface area contributed by atoms with Gasteiger partial charge >= 0.3 is 0 Å². The molecule has 0 bridgehead atoms. The van der Waals surface area contributed by atoms with Gasteiger partial charge in [-0.05, 0) is 30.5 Å². The summed E-state index contributed by atoms with van der Waals surface area (Å²) in [5.74, 6) is 0.0387. The number of hydrogen-bond donors (Lipinski definition) is 1. The van der Waals surface area contributed by atoms with Crippen LogP contribution < -0.4 is 10.9 Å². The summed E-state index contributed by atoms with van der Waals surface area (Å²) < 4.78 is 1.43. The van der Waals surface area contributed by atoms with E-state index in [2.05, 4.69) is 50.5 Å². The molecule has 4 rings (SSSR count). The van der Waals surface area contributed by atoms with Crippen LogP contribution in [0.5, 0.6) is 0 Å². The molecular formula is C27H35N5O2. The molecule has 2 aromatic carbocycles. The Bertz CT molecular complexity index is 1150. The van der Waals surface area contributed by atoms with E-state index in [9.17, 15) is 9.59 Å². The lowest BCUT2D eigenvalue weighted by molar-refractivity contribution is 0.0941. The Balaban J connectivity index is 1.28. The first-order valence-corrected chi connectivity index (χ1v) is 12.3. The van der Waals surface area contributed by atoms with E-state index in [1.165, 1.54) is 10.2 Å². The number of carbonyl (C=O) groups is 1. The Morgan fingerprint density at radius 3 is 2.29 bits per heavy atom. The smallest absolute Gasteiger partial charge is 0.274 e. The molecule has 1 aliphatic heterocycles. The number of fused-ring (bicyclic) bond motifs is 1. The highest BCUT2D eigenvalue weighted by Crippen LogP contribution is 2.14. The Morgan fingerprint density at radius 1 is 0.941 bits per heavy atom. The quantitative estimate of drug-likeness (QED) is 0.496. The second kappa shape index (κ2) is 11.4. The first-order chi connectivity index (χ1) is 16.5. The molecule has 0 aliphatic carbocycles. The Morgan fingerprint density at radius 2 is 1.59 bits per heavy atom. The van der Waals surface area contributed by atoms with E-state index in [-0.39, 0.29) is 17.4 Å². The number of carbonyl (C=O) groups excluding carboxylic acids is 1. The van der Waals surface area contributed by atoms with Gasteiger partial charge in [-0.15, -0.1) is 0 Å². The molecule has 1 aliphatic rings. The van der Waals surface area contributed by atoms with Crippen molar-refractivity contribution in [3.05, 3.63) is 76.2 Å². The van der Waals surface area contributed by atoms with Crippen molar-refractivity contribution in [2.24, 2.45) is 5.92 Å². The molecule has 0 unspecified atom stereocenters. The summed E-state index contributed by atoms with van der Waals surface area (Å²) in [4.78, 5) is 30.7. The van der Waals surface area contributed by atoms with Crippen LogP contribution in [0.25, 0.3) is 10.8 Å². The number of amides is 1. The van der Waals surface area contributed by atoms with Crippen LogP contribution in [0.1, 0.15) is 36.3 Å². The number of nitrogens with zero attached hydrogens (tertiary/aromatic N) is 4. The van der Waals surface area contributed by atoms with Gasteiger partial charge in [0.05, 0.1) is 5.39 Å². The molecule has 0 atom stereocenters. The summed E-state index contributed by atoms with van der Waals surface area (Å²) in [5, 5.41) is 8.60. The number of rotatable bonds is 9. The molecule has 1 saturated heterocycles. The second-order valence-electron chi connectivity index (χ2n) is 9.49. The number of nitrogens with one attached hydrogen (secondary N) is 1. The molecule has 7 nitrogen and oxygen atoms in total. The maximum Gasteiger partial charge on any atom is 0.274 e. The van der Waals surface area contributed by atoms with Crippen molar-refractivity contribution in [1.29, 1.82) is 0 Å². The fraction of sp³-hybridized carbons (Fsp3) is 0.444. The molecule has 1 aromatic heterocycles. The molecule has 7 heteroatoms. The Labute approximate surface area is 201 Å². The molecule has 1 amide bonds. The van der Waals surface area contributed by atoms with Crippen molar-refractivity contribution >= 4 is 16.7 Å². The molecule has 180 valence electrons. The SMILES string of the molecule is CC(C)Cn1nc(C(=O)NCCCN2CCN(Cc3ccccc3)CC2)c2ccccc2c1=O. The molecule has 0 saturated carbocycles. The molecule has 34 heavy (non-hydrogen) atoms. The number of benzene rings is 2. The standard InChI is InChI=1S/C27H35N5O2/c1-21(2)19-32-27(34)24-12-7-6-11-23(24)25(29-32)26(33)28-13-8-14-30-15-17-31(18-16-30)20-22-9-4-3-5-10-22/h3-7,9-12,21H,8,13-20H2,1-2H3,(H,28,33). The second-order valence-corrected chi connectivity index (χ2v) is 9.49. The van der Waals surface area contributed by atoms with Gasteiger partial charge in [0.15, 0.2) is 5.69 Å². The fourth-order valence-electron chi connectivity index (χ4n) is 4.47. The summed E-state index contributed by atoms with van der Waals surface area (Å²) in [5.41, 5.74) is 1.54. The Hall–Kier alpha value is -3.03. The largest absolute Gasteiger partial charge is 0.351 e. The van der Waals surface area contributed by atoms with Gasteiger partial charge in [-0.1, -0.05) is 62.4 Å². The lowest BCUT2D eigenvalue weighted by atomic mass is 10.1. The van der Waals surface area contributed by atoms with Gasteiger partial charge in [-0.2, -0.15) is 5.10 Å². The summed E-state index contributed by atoms with van der Waals surface area (Å²) in [6.45, 7) is 11.3. The molecular weight excluding hydrogens is 426 g/mol. The number of hydrogen-bond acceptors (Lipinski definition) is 5. The first-order valence-electron chi connectivity index (χ1n) is 12.3. The lowest BCUT2D eigenvalue weighted by Crippen LogP contribution is -2.46. The van der Waals surface area contributed by atoms with Crippen LogP contribution in [0.4, 0.5) is 0 Å². The third kappa shape index (κ3) is 6.10. The molecule has 2 heterocycles. The molecule has 1 fully saturated rings. The predicted octanol–water partition coefficient (Wildman–Crippen LogP) is 2.99. The van der Waals surface area contributed by atoms with Crippen LogP contribution in [0.15, 0.2) is 59.4 Å². The monoisotopic (exact) mass is 461 g/mol. The highest BCUT2D eigenvalue weighted by atomic mass is 16.2. The van der Waals surface area contributed by atoms with Crippen LogP contribution in [0, 0.1) is 5.92 Å². The number of piperazine rings is 1. The number of aromatic nitrogens is 2. The van der Waals surface area contributed by atoms with Gasteiger partial charge in [0.25, 0.3) is 11.5 Å². The van der Waals surface area contributed by atoms with Gasteiger partial charge in [0.2, 0.25) is 0 Å². The van der Waals surface area contributed by atoms with Crippen LogP contribution >= 0.6 is 0 Å². The van der Waals surface area contributed by atoms with E-state index in [1.807, 2.05) is 26.0 Å². The van der Waals surface area contributed by atoms with Crippen molar-refractivity contribution in [1.82, 2.24) is 24.9 Å². The van der Waals surface area contributed by atoms with E-state index in [1.54, 1.807) is 12.1 Å². The maximum absolute atomic E-state index is 13.0. The van der Waals surface area contributed by atoms with Crippen molar-refractivity contribution in [3.8, 4) is 0 Å². The lowest BCUT2D eigenvalue weighted by Gasteiger charge is -2.34. The minimum Gasteiger partial charge on any atom is -0.351 e. The van der Waals surface area contributed by atoms with Gasteiger partial charge in [0.1, 0.15) is 0 Å². The molecule has 0 spiro atoms. The van der Waals surface area contributed by atoms with E-state index in [0.717, 1.165) is 45.7 Å². The molecule has 0 radical (unpaired) electrons. The highest BCUT2D eigenvalue weighted by Gasteiger charge is 2.18. The van der Waals surface area contributed by atoms with Crippen LogP contribution in [0.3, 0.4) is 0 Å². The normalized spacial score (nSPS) is 15.1. The van der Waals surface area contributed by atoms with Crippen molar-refractivity contribution in [3.63, 3.8) is 0 Å². The minimum absolute atomic E-state index is 0.146. The van der Waals surface area contributed by atoms with Gasteiger partial charge < -0.3 is 10.2 Å². The third-order valence-electron chi connectivity index (χ3n) is 6.27. The molecule has 3 aromatic rings. The zero-order chi connectivity index (χ0) is 23.9. The van der Waals surface area contributed by atoms with Crippen molar-refractivity contribution in [2.75, 3.05) is 39.3 Å². The fourth-order valence-corrected chi connectivity index (χ4v) is 4.47. The first kappa shape index (κ1) is 24.1. The van der Waals surface area contributed by atoms with Gasteiger partial charge in [-0.25, -0.2) is 4.68 Å². The van der Waals surface area contributed by atoms with Crippen LogP contribution in [0.2, 0.25) is 0 Å². The average Bonchev–Trinajstić information content (AvgIpc) is 2.85. The van der Waals surface area contributed by atoms with Crippen molar-refractivity contribution in [2.45, 2.75) is 33.4 Å². The van der Waals surface area contributed by atoms with E-state index in [4.69, 9.17) is 0 Å². The van der Waals surface area contributed by atoms with Gasteiger partial charge in [0, 0.05) is 51.2 Å². The van der Waals surface area contributed by atoms with Crippen LogP contribution in [-0.2, 0) is 13.1 Å². The van der Waals surface area contributed by atoms with Crippen molar-refractivity contribution < 1.29 is 4.79 Å². The average molecular weight is 462 g/mol. The summed E-state index contributed by atoms with van der Waals surface area (Å²) in [6.07, 6.45) is 0.883. The van der Waals surface area contributed by atoms with Crippen LogP contribution in [-0.4, -0.2) is 64.8 Å². The predicted molar refractivity (Wildman–Crippen MR) is 136 cm³/mol. The van der Waals surface area contributed by atoms with E-state index < -0.39 is 0 Å². The minimum atomic E-state index is -0.221. The summed E-state index contributed by atoms with van der Waals surface area (Å²) >= 11 is 0. The zero-order valence-electron chi connectivity index (χ0n) is 20.2. The Kier molecular flexibility index (Phi) is 8.08.